The van der Waals surface area contributed by atoms with Gasteiger partial charge < -0.3 is 10.1 Å². The van der Waals surface area contributed by atoms with E-state index in [0.29, 0.717) is 6.61 Å². The Morgan fingerprint density at radius 2 is 1.90 bits per heavy atom. The topological polar surface area (TPSA) is 47.0 Å². The van der Waals surface area contributed by atoms with E-state index in [1.165, 1.54) is 0 Å². The van der Waals surface area contributed by atoms with Gasteiger partial charge in [0, 0.05) is 48.1 Å². The Kier molecular flexibility index (Phi) is 6.95. The standard InChI is InChI=1S/C15H18ClN3OS/c1-20-7-6-17-8-12-9-18-15(19-10-12)11-21-14-4-2-13(16)3-5-14/h2-5,9-10,17H,6-8,11H2,1H3. The number of nitrogens with zero attached hydrogens (tertiary/aromatic N) is 2. The average molecular weight is 324 g/mol. The van der Waals surface area contributed by atoms with Gasteiger partial charge in [0.05, 0.1) is 12.4 Å². The van der Waals surface area contributed by atoms with Crippen molar-refractivity contribution < 1.29 is 4.74 Å². The van der Waals surface area contributed by atoms with Crippen LogP contribution in [-0.4, -0.2) is 30.2 Å². The number of rotatable bonds is 8. The van der Waals surface area contributed by atoms with E-state index in [0.717, 1.165) is 40.1 Å². The van der Waals surface area contributed by atoms with Gasteiger partial charge in [-0.1, -0.05) is 11.6 Å². The van der Waals surface area contributed by atoms with Gasteiger partial charge >= 0.3 is 0 Å². The predicted octanol–water partition coefficient (Wildman–Crippen LogP) is 3.16. The van der Waals surface area contributed by atoms with Crippen LogP contribution in [-0.2, 0) is 17.0 Å². The van der Waals surface area contributed by atoms with E-state index in [2.05, 4.69) is 15.3 Å². The maximum atomic E-state index is 5.86. The predicted molar refractivity (Wildman–Crippen MR) is 86.6 cm³/mol. The van der Waals surface area contributed by atoms with Crippen molar-refractivity contribution in [2.24, 2.45) is 0 Å². The number of nitrogens with one attached hydrogen (secondary N) is 1. The summed E-state index contributed by atoms with van der Waals surface area (Å²) in [4.78, 5) is 9.92. The SMILES string of the molecule is COCCNCc1cnc(CSc2ccc(Cl)cc2)nc1. The molecule has 0 aliphatic rings. The van der Waals surface area contributed by atoms with Crippen molar-refractivity contribution in [1.29, 1.82) is 0 Å². The third kappa shape index (κ3) is 6.01. The van der Waals surface area contributed by atoms with E-state index in [4.69, 9.17) is 16.3 Å². The van der Waals surface area contributed by atoms with E-state index in [9.17, 15) is 0 Å². The summed E-state index contributed by atoms with van der Waals surface area (Å²) in [6.45, 7) is 2.29. The van der Waals surface area contributed by atoms with Crippen molar-refractivity contribution in [3.05, 3.63) is 53.1 Å². The van der Waals surface area contributed by atoms with E-state index in [-0.39, 0.29) is 0 Å². The molecule has 0 saturated carbocycles. The van der Waals surface area contributed by atoms with Gasteiger partial charge in [-0.15, -0.1) is 11.8 Å². The summed E-state index contributed by atoms with van der Waals surface area (Å²) in [5.41, 5.74) is 1.08. The van der Waals surface area contributed by atoms with Crippen LogP contribution in [0.5, 0.6) is 0 Å². The number of methoxy groups -OCH3 is 1. The number of thioether (sulfide) groups is 1. The number of hydrogen-bond acceptors (Lipinski definition) is 5. The third-order valence-corrected chi connectivity index (χ3v) is 4.01. The lowest BCUT2D eigenvalue weighted by Crippen LogP contribution is -2.18. The largest absolute Gasteiger partial charge is 0.383 e. The normalized spacial score (nSPS) is 10.8. The molecule has 0 atom stereocenters. The molecule has 1 aromatic carbocycles. The Morgan fingerprint density at radius 3 is 2.57 bits per heavy atom. The van der Waals surface area contributed by atoms with Crippen LogP contribution in [0, 0.1) is 0 Å². The fourth-order valence-electron chi connectivity index (χ4n) is 1.63. The second kappa shape index (κ2) is 9.00. The van der Waals surface area contributed by atoms with Crippen LogP contribution >= 0.6 is 23.4 Å². The lowest BCUT2D eigenvalue weighted by Gasteiger charge is -2.05. The molecule has 0 radical (unpaired) electrons. The van der Waals surface area contributed by atoms with E-state index in [1.807, 2.05) is 36.7 Å². The number of halogens is 1. The molecule has 0 bridgehead atoms. The van der Waals surface area contributed by atoms with Crippen molar-refractivity contribution in [2.45, 2.75) is 17.2 Å². The molecule has 0 amide bonds. The number of aromatic nitrogens is 2. The maximum Gasteiger partial charge on any atom is 0.138 e. The van der Waals surface area contributed by atoms with Crippen molar-refractivity contribution in [3.63, 3.8) is 0 Å². The molecule has 112 valence electrons. The van der Waals surface area contributed by atoms with Gasteiger partial charge in [0.15, 0.2) is 0 Å². The Morgan fingerprint density at radius 1 is 1.19 bits per heavy atom. The average Bonchev–Trinajstić information content (AvgIpc) is 2.52. The van der Waals surface area contributed by atoms with Crippen LogP contribution in [0.25, 0.3) is 0 Å². The Hall–Kier alpha value is -1.14. The monoisotopic (exact) mass is 323 g/mol. The van der Waals surface area contributed by atoms with E-state index >= 15 is 0 Å². The molecule has 1 heterocycles. The maximum absolute atomic E-state index is 5.86. The highest BCUT2D eigenvalue weighted by molar-refractivity contribution is 7.98. The zero-order valence-electron chi connectivity index (χ0n) is 11.9. The highest BCUT2D eigenvalue weighted by Gasteiger charge is 2.00. The Labute approximate surface area is 134 Å². The smallest absolute Gasteiger partial charge is 0.138 e. The first-order chi connectivity index (χ1) is 10.3. The van der Waals surface area contributed by atoms with Crippen molar-refractivity contribution in [3.8, 4) is 0 Å². The molecule has 21 heavy (non-hydrogen) atoms. The van der Waals surface area contributed by atoms with Gasteiger partial charge in [0.2, 0.25) is 0 Å². The molecule has 2 rings (SSSR count). The summed E-state index contributed by atoms with van der Waals surface area (Å²) < 4.78 is 4.98. The first kappa shape index (κ1) is 16.2. The van der Waals surface area contributed by atoms with Gasteiger partial charge in [-0.05, 0) is 24.3 Å². The number of hydrogen-bond donors (Lipinski definition) is 1. The van der Waals surface area contributed by atoms with Crippen LogP contribution in [0.4, 0.5) is 0 Å². The van der Waals surface area contributed by atoms with Crippen LogP contribution in [0.2, 0.25) is 5.02 Å². The Bertz CT molecular complexity index is 534. The number of benzene rings is 1. The van der Waals surface area contributed by atoms with E-state index in [1.54, 1.807) is 18.9 Å². The second-order valence-corrected chi connectivity index (χ2v) is 5.90. The fourth-order valence-corrected chi connectivity index (χ4v) is 2.53. The van der Waals surface area contributed by atoms with Gasteiger partial charge in [0.1, 0.15) is 5.82 Å². The zero-order valence-corrected chi connectivity index (χ0v) is 13.5. The summed E-state index contributed by atoms with van der Waals surface area (Å²) >= 11 is 7.56. The lowest BCUT2D eigenvalue weighted by molar-refractivity contribution is 0.199. The van der Waals surface area contributed by atoms with Crippen LogP contribution in [0.1, 0.15) is 11.4 Å². The molecule has 0 fully saturated rings. The molecule has 4 nitrogen and oxygen atoms in total. The van der Waals surface area contributed by atoms with Gasteiger partial charge in [-0.2, -0.15) is 0 Å². The molecular weight excluding hydrogens is 306 g/mol. The quantitative estimate of drug-likeness (QED) is 0.597. The van der Waals surface area contributed by atoms with Gasteiger partial charge in [-0.25, -0.2) is 9.97 Å². The molecule has 0 spiro atoms. The van der Waals surface area contributed by atoms with Crippen molar-refractivity contribution in [1.82, 2.24) is 15.3 Å². The molecule has 6 heteroatoms. The molecule has 2 aromatic rings. The molecule has 1 aromatic heterocycles. The lowest BCUT2D eigenvalue weighted by atomic mass is 10.3. The van der Waals surface area contributed by atoms with Crippen molar-refractivity contribution in [2.75, 3.05) is 20.3 Å². The van der Waals surface area contributed by atoms with Crippen molar-refractivity contribution >= 4 is 23.4 Å². The van der Waals surface area contributed by atoms with E-state index < -0.39 is 0 Å². The van der Waals surface area contributed by atoms with Gasteiger partial charge in [-0.3, -0.25) is 0 Å². The Balaban J connectivity index is 1.78. The molecule has 0 aliphatic carbocycles. The summed E-state index contributed by atoms with van der Waals surface area (Å²) in [6, 6.07) is 7.78. The zero-order chi connectivity index (χ0) is 14.9. The summed E-state index contributed by atoms with van der Waals surface area (Å²) in [5, 5.41) is 4.01. The second-order valence-electron chi connectivity index (χ2n) is 4.42. The first-order valence-electron chi connectivity index (χ1n) is 6.66. The summed E-state index contributed by atoms with van der Waals surface area (Å²) in [7, 11) is 1.69. The fraction of sp³-hybridized carbons (Fsp3) is 0.333. The molecule has 0 aliphatic heterocycles. The molecular formula is C15H18ClN3OS. The first-order valence-corrected chi connectivity index (χ1v) is 8.02. The van der Waals surface area contributed by atoms with Gasteiger partial charge in [0.25, 0.3) is 0 Å². The minimum Gasteiger partial charge on any atom is -0.383 e. The minimum absolute atomic E-state index is 0.705. The molecule has 1 N–H and O–H groups in total. The number of ether oxygens (including phenoxy) is 1. The molecule has 0 saturated heterocycles. The van der Waals surface area contributed by atoms with Crippen LogP contribution in [0.3, 0.4) is 0 Å². The molecule has 0 unspecified atom stereocenters. The summed E-state index contributed by atoms with van der Waals surface area (Å²) in [6.07, 6.45) is 3.73. The minimum atomic E-state index is 0.705. The highest BCUT2D eigenvalue weighted by Crippen LogP contribution is 2.22. The summed E-state index contributed by atoms with van der Waals surface area (Å²) in [5.74, 6) is 1.58. The van der Waals surface area contributed by atoms with Crippen LogP contribution < -0.4 is 5.32 Å². The third-order valence-electron chi connectivity index (χ3n) is 2.75. The highest BCUT2D eigenvalue weighted by atomic mass is 35.5. The van der Waals surface area contributed by atoms with Crippen LogP contribution in [0.15, 0.2) is 41.6 Å².